The maximum atomic E-state index is 13.3. The smallest absolute Gasteiger partial charge is 0.192 e. The Labute approximate surface area is 122 Å². The standard InChI is InChI=1S/C16H24FNOSi/c1-16(2,3)20(4,5)19-14-10-15(18-11-14)12-7-6-8-13(17)9-12/h6-9,14H,10-11H2,1-5H3. The molecule has 0 saturated heterocycles. The maximum absolute atomic E-state index is 13.3. The van der Waals surface area contributed by atoms with Crippen LogP contribution in [0.25, 0.3) is 0 Å². The molecule has 1 aromatic carbocycles. The van der Waals surface area contributed by atoms with Crippen molar-refractivity contribution in [1.82, 2.24) is 0 Å². The summed E-state index contributed by atoms with van der Waals surface area (Å²) in [5, 5.41) is 0.203. The molecule has 0 radical (unpaired) electrons. The van der Waals surface area contributed by atoms with Crippen LogP contribution in [-0.2, 0) is 4.43 Å². The Morgan fingerprint density at radius 2 is 2.00 bits per heavy atom. The summed E-state index contributed by atoms with van der Waals surface area (Å²) in [5.74, 6) is -0.209. The van der Waals surface area contributed by atoms with Crippen molar-refractivity contribution in [1.29, 1.82) is 0 Å². The molecule has 0 fully saturated rings. The number of hydrogen-bond donors (Lipinski definition) is 0. The van der Waals surface area contributed by atoms with Crippen molar-refractivity contribution < 1.29 is 8.82 Å². The van der Waals surface area contributed by atoms with Crippen molar-refractivity contribution in [2.24, 2.45) is 4.99 Å². The summed E-state index contributed by atoms with van der Waals surface area (Å²) in [5.41, 5.74) is 1.85. The van der Waals surface area contributed by atoms with Gasteiger partial charge in [-0.25, -0.2) is 4.39 Å². The van der Waals surface area contributed by atoms with E-state index in [9.17, 15) is 4.39 Å². The second-order valence-electron chi connectivity index (χ2n) is 7.00. The van der Waals surface area contributed by atoms with Gasteiger partial charge in [-0.2, -0.15) is 0 Å². The first kappa shape index (κ1) is 15.4. The summed E-state index contributed by atoms with van der Waals surface area (Å²) >= 11 is 0. The van der Waals surface area contributed by atoms with Crippen molar-refractivity contribution in [3.8, 4) is 0 Å². The molecule has 1 aromatic rings. The van der Waals surface area contributed by atoms with Crippen LogP contribution in [0.5, 0.6) is 0 Å². The first-order valence-electron chi connectivity index (χ1n) is 7.16. The second kappa shape index (κ2) is 5.41. The molecule has 1 aliphatic heterocycles. The quantitative estimate of drug-likeness (QED) is 0.757. The van der Waals surface area contributed by atoms with E-state index in [1.807, 2.05) is 6.07 Å². The summed E-state index contributed by atoms with van der Waals surface area (Å²) in [4.78, 5) is 4.54. The van der Waals surface area contributed by atoms with E-state index >= 15 is 0 Å². The fourth-order valence-corrected chi connectivity index (χ4v) is 3.45. The third kappa shape index (κ3) is 3.36. The van der Waals surface area contributed by atoms with Gasteiger partial charge in [-0.05, 0) is 35.8 Å². The Hall–Kier alpha value is -1.00. The van der Waals surface area contributed by atoms with Gasteiger partial charge < -0.3 is 4.43 Å². The van der Waals surface area contributed by atoms with Crippen molar-refractivity contribution >= 4 is 14.0 Å². The van der Waals surface area contributed by atoms with Crippen LogP contribution in [0.15, 0.2) is 29.3 Å². The van der Waals surface area contributed by atoms with E-state index in [0.717, 1.165) is 17.7 Å². The zero-order chi connectivity index (χ0) is 15.0. The Morgan fingerprint density at radius 3 is 2.60 bits per heavy atom. The summed E-state index contributed by atoms with van der Waals surface area (Å²) in [6.45, 7) is 11.9. The normalized spacial score (nSPS) is 20.1. The van der Waals surface area contributed by atoms with Gasteiger partial charge in [0.05, 0.1) is 12.6 Å². The highest BCUT2D eigenvalue weighted by Gasteiger charge is 2.40. The van der Waals surface area contributed by atoms with E-state index in [0.29, 0.717) is 6.54 Å². The highest BCUT2D eigenvalue weighted by molar-refractivity contribution is 6.74. The van der Waals surface area contributed by atoms with Gasteiger partial charge in [-0.3, -0.25) is 4.99 Å². The number of nitrogens with zero attached hydrogens (tertiary/aromatic N) is 1. The van der Waals surface area contributed by atoms with Gasteiger partial charge in [-0.1, -0.05) is 32.9 Å². The summed E-state index contributed by atoms with van der Waals surface area (Å²) < 4.78 is 19.6. The fourth-order valence-electron chi connectivity index (χ4n) is 2.11. The lowest BCUT2D eigenvalue weighted by Gasteiger charge is -2.38. The molecule has 110 valence electrons. The van der Waals surface area contributed by atoms with Gasteiger partial charge in [0.15, 0.2) is 8.32 Å². The topological polar surface area (TPSA) is 21.6 Å². The van der Waals surface area contributed by atoms with Crippen LogP contribution < -0.4 is 0 Å². The van der Waals surface area contributed by atoms with Crippen molar-refractivity contribution in [3.05, 3.63) is 35.6 Å². The molecule has 1 unspecified atom stereocenters. The molecule has 2 nitrogen and oxygen atoms in total. The number of hydrogen-bond acceptors (Lipinski definition) is 2. The van der Waals surface area contributed by atoms with Gasteiger partial charge in [0.2, 0.25) is 0 Å². The first-order chi connectivity index (χ1) is 9.19. The van der Waals surface area contributed by atoms with E-state index in [2.05, 4.69) is 38.9 Å². The summed E-state index contributed by atoms with van der Waals surface area (Å²) in [6, 6.07) is 6.65. The molecule has 1 atom stereocenters. The average Bonchev–Trinajstić information content (AvgIpc) is 2.75. The third-order valence-electron chi connectivity index (χ3n) is 4.33. The lowest BCUT2D eigenvalue weighted by atomic mass is 10.1. The molecule has 2 rings (SSSR count). The number of benzene rings is 1. The number of halogens is 1. The van der Waals surface area contributed by atoms with Gasteiger partial charge in [-0.15, -0.1) is 0 Å². The minimum absolute atomic E-state index is 0.147. The second-order valence-corrected chi connectivity index (χ2v) is 11.8. The lowest BCUT2D eigenvalue weighted by Crippen LogP contribution is -2.44. The molecule has 0 bridgehead atoms. The van der Waals surface area contributed by atoms with Gasteiger partial charge in [0, 0.05) is 12.1 Å². The summed E-state index contributed by atoms with van der Waals surface area (Å²) in [7, 11) is -1.76. The first-order valence-corrected chi connectivity index (χ1v) is 10.1. The molecule has 0 spiro atoms. The maximum Gasteiger partial charge on any atom is 0.192 e. The van der Waals surface area contributed by atoms with Crippen LogP contribution in [0.3, 0.4) is 0 Å². The minimum atomic E-state index is -1.76. The van der Waals surface area contributed by atoms with Crippen LogP contribution in [0, 0.1) is 5.82 Å². The molecule has 0 saturated carbocycles. The van der Waals surface area contributed by atoms with Crippen LogP contribution >= 0.6 is 0 Å². The van der Waals surface area contributed by atoms with Crippen molar-refractivity contribution in [2.75, 3.05) is 6.54 Å². The van der Waals surface area contributed by atoms with E-state index < -0.39 is 8.32 Å². The predicted octanol–water partition coefficient (Wildman–Crippen LogP) is 4.41. The third-order valence-corrected chi connectivity index (χ3v) is 8.87. The molecule has 1 heterocycles. The Bertz CT molecular complexity index is 519. The summed E-state index contributed by atoms with van der Waals surface area (Å²) in [6.07, 6.45) is 0.935. The molecular formula is C16H24FNOSi. The van der Waals surface area contributed by atoms with Crippen LogP contribution in [0.4, 0.5) is 4.39 Å². The highest BCUT2D eigenvalue weighted by atomic mass is 28.4. The zero-order valence-electron chi connectivity index (χ0n) is 13.0. The van der Waals surface area contributed by atoms with Gasteiger partial charge in [0.1, 0.15) is 5.82 Å². The Balaban J connectivity index is 2.02. The molecule has 1 aliphatic rings. The van der Waals surface area contributed by atoms with Crippen LogP contribution in [0.1, 0.15) is 32.8 Å². The van der Waals surface area contributed by atoms with E-state index in [1.165, 1.54) is 6.07 Å². The average molecular weight is 293 g/mol. The van der Waals surface area contributed by atoms with Gasteiger partial charge >= 0.3 is 0 Å². The minimum Gasteiger partial charge on any atom is -0.412 e. The van der Waals surface area contributed by atoms with E-state index in [4.69, 9.17) is 4.43 Å². The molecule has 0 amide bonds. The molecule has 4 heteroatoms. The Morgan fingerprint density at radius 1 is 1.30 bits per heavy atom. The molecule has 0 aliphatic carbocycles. The highest BCUT2D eigenvalue weighted by Crippen LogP contribution is 2.38. The van der Waals surface area contributed by atoms with Gasteiger partial charge in [0.25, 0.3) is 0 Å². The van der Waals surface area contributed by atoms with Crippen LogP contribution in [0.2, 0.25) is 18.1 Å². The fraction of sp³-hybridized carbons (Fsp3) is 0.562. The largest absolute Gasteiger partial charge is 0.412 e. The predicted molar refractivity (Wildman–Crippen MR) is 84.5 cm³/mol. The Kier molecular flexibility index (Phi) is 4.16. The molecule has 20 heavy (non-hydrogen) atoms. The number of rotatable bonds is 3. The van der Waals surface area contributed by atoms with E-state index in [1.54, 1.807) is 12.1 Å². The molecule has 0 aromatic heterocycles. The number of aliphatic imine (C=N–C) groups is 1. The molecular weight excluding hydrogens is 269 g/mol. The van der Waals surface area contributed by atoms with Crippen LogP contribution in [-0.4, -0.2) is 26.7 Å². The lowest BCUT2D eigenvalue weighted by molar-refractivity contribution is 0.203. The van der Waals surface area contributed by atoms with Crippen molar-refractivity contribution in [2.45, 2.75) is 51.4 Å². The zero-order valence-corrected chi connectivity index (χ0v) is 14.0. The molecule has 0 N–H and O–H groups in total. The monoisotopic (exact) mass is 293 g/mol. The van der Waals surface area contributed by atoms with E-state index in [-0.39, 0.29) is 17.0 Å². The SMILES string of the molecule is CC(C)(C)[Si](C)(C)OC1CN=C(c2cccc(F)c2)C1. The van der Waals surface area contributed by atoms with Crippen molar-refractivity contribution in [3.63, 3.8) is 0 Å².